The zero-order valence-electron chi connectivity index (χ0n) is 10.3. The van der Waals surface area contributed by atoms with E-state index in [0.29, 0.717) is 6.61 Å². The monoisotopic (exact) mass is 242 g/mol. The summed E-state index contributed by atoms with van der Waals surface area (Å²) in [7, 11) is 0. The normalized spacial score (nSPS) is 18.0. The largest absolute Gasteiger partial charge is 0.493 e. The number of ether oxygens (including phenoxy) is 1. The molecule has 0 saturated carbocycles. The van der Waals surface area contributed by atoms with Gasteiger partial charge >= 0.3 is 0 Å². The van der Waals surface area contributed by atoms with Crippen molar-refractivity contribution in [3.05, 3.63) is 65.0 Å². The fourth-order valence-corrected chi connectivity index (χ4v) is 2.73. The Balaban J connectivity index is 2.15. The summed E-state index contributed by atoms with van der Waals surface area (Å²) in [5, 5.41) is 0. The van der Waals surface area contributed by atoms with E-state index in [1.165, 1.54) is 11.6 Å². The van der Waals surface area contributed by atoms with Crippen molar-refractivity contribution in [2.75, 3.05) is 6.61 Å². The van der Waals surface area contributed by atoms with Crippen LogP contribution in [-0.2, 0) is 0 Å². The van der Waals surface area contributed by atoms with Gasteiger partial charge in [0.05, 0.1) is 6.61 Å². The molecule has 0 bridgehead atoms. The lowest BCUT2D eigenvalue weighted by molar-refractivity contribution is 0.275. The van der Waals surface area contributed by atoms with E-state index in [1.807, 2.05) is 24.3 Å². The SMILES string of the molecule is Cc1cccc2c1C(c1ccccc1F)CCO2. The average molecular weight is 242 g/mol. The van der Waals surface area contributed by atoms with Crippen LogP contribution in [0, 0.1) is 12.7 Å². The van der Waals surface area contributed by atoms with E-state index in [2.05, 4.69) is 13.0 Å². The molecule has 2 aromatic carbocycles. The van der Waals surface area contributed by atoms with Gasteiger partial charge in [-0.1, -0.05) is 30.3 Å². The molecule has 0 radical (unpaired) electrons. The van der Waals surface area contributed by atoms with Crippen LogP contribution in [0.4, 0.5) is 4.39 Å². The molecule has 0 spiro atoms. The molecule has 92 valence electrons. The molecule has 0 aromatic heterocycles. The number of benzene rings is 2. The van der Waals surface area contributed by atoms with Gasteiger partial charge in [-0.15, -0.1) is 0 Å². The lowest BCUT2D eigenvalue weighted by Crippen LogP contribution is -2.17. The Hall–Kier alpha value is -1.83. The van der Waals surface area contributed by atoms with Crippen LogP contribution in [0.2, 0.25) is 0 Å². The van der Waals surface area contributed by atoms with Crippen molar-refractivity contribution in [3.63, 3.8) is 0 Å². The molecule has 18 heavy (non-hydrogen) atoms. The third-order valence-corrected chi connectivity index (χ3v) is 3.58. The zero-order valence-corrected chi connectivity index (χ0v) is 10.3. The van der Waals surface area contributed by atoms with Crippen molar-refractivity contribution in [2.45, 2.75) is 19.3 Å². The minimum Gasteiger partial charge on any atom is -0.493 e. The first-order valence-electron chi connectivity index (χ1n) is 6.24. The highest BCUT2D eigenvalue weighted by molar-refractivity contribution is 5.48. The van der Waals surface area contributed by atoms with Gasteiger partial charge in [-0.05, 0) is 36.6 Å². The van der Waals surface area contributed by atoms with Crippen molar-refractivity contribution in [1.82, 2.24) is 0 Å². The molecule has 1 nitrogen and oxygen atoms in total. The van der Waals surface area contributed by atoms with Gasteiger partial charge in [0.2, 0.25) is 0 Å². The summed E-state index contributed by atoms with van der Waals surface area (Å²) in [5.74, 6) is 0.879. The highest BCUT2D eigenvalue weighted by Gasteiger charge is 2.26. The summed E-state index contributed by atoms with van der Waals surface area (Å²) < 4.78 is 19.6. The molecule has 1 aliphatic heterocycles. The molecule has 1 unspecified atom stereocenters. The minimum absolute atomic E-state index is 0.108. The molecular weight excluding hydrogens is 227 g/mol. The van der Waals surface area contributed by atoms with E-state index in [1.54, 1.807) is 6.07 Å². The van der Waals surface area contributed by atoms with Crippen LogP contribution >= 0.6 is 0 Å². The number of hydrogen-bond acceptors (Lipinski definition) is 1. The molecule has 3 rings (SSSR count). The molecular formula is C16H15FO. The van der Waals surface area contributed by atoms with Crippen molar-refractivity contribution in [1.29, 1.82) is 0 Å². The van der Waals surface area contributed by atoms with Crippen LogP contribution in [0.15, 0.2) is 42.5 Å². The van der Waals surface area contributed by atoms with E-state index in [0.717, 1.165) is 23.3 Å². The predicted molar refractivity (Wildman–Crippen MR) is 69.5 cm³/mol. The van der Waals surface area contributed by atoms with Crippen LogP contribution in [0.3, 0.4) is 0 Å². The Labute approximate surface area is 106 Å². The third kappa shape index (κ3) is 1.78. The molecule has 0 N–H and O–H groups in total. The standard InChI is InChI=1S/C16H15FO/c1-11-5-4-8-15-16(11)13(9-10-18-15)12-6-2-3-7-14(12)17/h2-8,13H,9-10H2,1H3. The first kappa shape index (κ1) is 11.3. The fraction of sp³-hybridized carbons (Fsp3) is 0.250. The smallest absolute Gasteiger partial charge is 0.127 e. The summed E-state index contributed by atoms with van der Waals surface area (Å²) in [4.78, 5) is 0. The number of fused-ring (bicyclic) bond motifs is 1. The lowest BCUT2D eigenvalue weighted by atomic mass is 9.84. The van der Waals surface area contributed by atoms with Gasteiger partial charge in [-0.3, -0.25) is 0 Å². The number of rotatable bonds is 1. The molecule has 0 fully saturated rings. The number of hydrogen-bond donors (Lipinski definition) is 0. The summed E-state index contributed by atoms with van der Waals surface area (Å²) in [6, 6.07) is 13.0. The first-order chi connectivity index (χ1) is 8.77. The average Bonchev–Trinajstić information content (AvgIpc) is 2.39. The summed E-state index contributed by atoms with van der Waals surface area (Å²) in [6.45, 7) is 2.71. The van der Waals surface area contributed by atoms with Crippen LogP contribution < -0.4 is 4.74 Å². The Morgan fingerprint density at radius 2 is 1.94 bits per heavy atom. The van der Waals surface area contributed by atoms with Crippen LogP contribution in [0.5, 0.6) is 5.75 Å². The summed E-state index contributed by atoms with van der Waals surface area (Å²) >= 11 is 0. The van der Waals surface area contributed by atoms with E-state index >= 15 is 0 Å². The van der Waals surface area contributed by atoms with Gasteiger partial charge < -0.3 is 4.74 Å². The second-order valence-electron chi connectivity index (χ2n) is 4.70. The highest BCUT2D eigenvalue weighted by atomic mass is 19.1. The van der Waals surface area contributed by atoms with Crippen molar-refractivity contribution in [3.8, 4) is 5.75 Å². The fourth-order valence-electron chi connectivity index (χ4n) is 2.73. The predicted octanol–water partition coefficient (Wildman–Crippen LogP) is 4.05. The quantitative estimate of drug-likeness (QED) is 0.733. The number of halogens is 1. The molecule has 1 aliphatic rings. The van der Waals surface area contributed by atoms with E-state index in [9.17, 15) is 4.39 Å². The molecule has 2 aromatic rings. The maximum Gasteiger partial charge on any atom is 0.127 e. The summed E-state index contributed by atoms with van der Waals surface area (Å²) in [5.41, 5.74) is 3.07. The topological polar surface area (TPSA) is 9.23 Å². The van der Waals surface area contributed by atoms with Gasteiger partial charge in [-0.25, -0.2) is 4.39 Å². The molecule has 1 heterocycles. The second-order valence-corrected chi connectivity index (χ2v) is 4.70. The van der Waals surface area contributed by atoms with E-state index in [-0.39, 0.29) is 11.7 Å². The third-order valence-electron chi connectivity index (χ3n) is 3.58. The van der Waals surface area contributed by atoms with Gasteiger partial charge in [0.25, 0.3) is 0 Å². The molecule has 0 amide bonds. The maximum atomic E-state index is 14.0. The summed E-state index contributed by atoms with van der Waals surface area (Å²) in [6.07, 6.45) is 0.832. The van der Waals surface area contributed by atoms with Crippen molar-refractivity contribution < 1.29 is 9.13 Å². The Morgan fingerprint density at radius 3 is 2.78 bits per heavy atom. The van der Waals surface area contributed by atoms with Crippen LogP contribution in [0.1, 0.15) is 29.0 Å². The van der Waals surface area contributed by atoms with Gasteiger partial charge in [0.1, 0.15) is 11.6 Å². The molecule has 1 atom stereocenters. The molecule has 0 saturated heterocycles. The Morgan fingerprint density at radius 1 is 1.11 bits per heavy atom. The Kier molecular flexibility index (Phi) is 2.78. The van der Waals surface area contributed by atoms with Crippen molar-refractivity contribution >= 4 is 0 Å². The minimum atomic E-state index is -0.126. The molecule has 0 aliphatic carbocycles. The van der Waals surface area contributed by atoms with E-state index in [4.69, 9.17) is 4.74 Å². The first-order valence-corrected chi connectivity index (χ1v) is 6.24. The van der Waals surface area contributed by atoms with Gasteiger partial charge in [0, 0.05) is 11.5 Å². The zero-order chi connectivity index (χ0) is 12.5. The van der Waals surface area contributed by atoms with Crippen LogP contribution in [-0.4, -0.2) is 6.61 Å². The molecule has 2 heteroatoms. The Bertz CT molecular complexity index is 577. The number of aryl methyl sites for hydroxylation is 1. The van der Waals surface area contributed by atoms with Gasteiger partial charge in [0.15, 0.2) is 0 Å². The van der Waals surface area contributed by atoms with E-state index < -0.39 is 0 Å². The van der Waals surface area contributed by atoms with Gasteiger partial charge in [-0.2, -0.15) is 0 Å². The second kappa shape index (κ2) is 4.45. The highest BCUT2D eigenvalue weighted by Crippen LogP contribution is 2.40. The van der Waals surface area contributed by atoms with Crippen molar-refractivity contribution in [2.24, 2.45) is 0 Å². The van der Waals surface area contributed by atoms with Crippen LogP contribution in [0.25, 0.3) is 0 Å². The maximum absolute atomic E-state index is 14.0. The lowest BCUT2D eigenvalue weighted by Gasteiger charge is -2.28.